The van der Waals surface area contributed by atoms with E-state index in [2.05, 4.69) is 0 Å². The van der Waals surface area contributed by atoms with Crippen molar-refractivity contribution in [2.24, 2.45) is 0 Å². The first-order valence-electron chi connectivity index (χ1n) is 7.83. The lowest BCUT2D eigenvalue weighted by atomic mass is 9.89. The Morgan fingerprint density at radius 2 is 1.67 bits per heavy atom. The van der Waals surface area contributed by atoms with Crippen LogP contribution in [0, 0.1) is 13.8 Å². The molecule has 0 unspecified atom stereocenters. The van der Waals surface area contributed by atoms with E-state index >= 15 is 0 Å². The predicted molar refractivity (Wildman–Crippen MR) is 96.7 cm³/mol. The quantitative estimate of drug-likeness (QED) is 0.643. The molecule has 0 fully saturated rings. The van der Waals surface area contributed by atoms with Crippen molar-refractivity contribution in [1.82, 2.24) is 0 Å². The fourth-order valence-electron chi connectivity index (χ4n) is 3.25. The van der Waals surface area contributed by atoms with Crippen LogP contribution in [0.15, 0.2) is 48.5 Å². The number of carbonyl (C=O) groups excluding carboxylic acids is 1. The van der Waals surface area contributed by atoms with Crippen LogP contribution in [-0.2, 0) is 4.74 Å². The molecule has 0 atom stereocenters. The SMILES string of the molecule is COC(=O)c1ccc2ccccc2c1-c1ccc(C)c(OC)c1C. The highest BCUT2D eigenvalue weighted by molar-refractivity contribution is 6.08. The lowest BCUT2D eigenvalue weighted by molar-refractivity contribution is 0.0602. The van der Waals surface area contributed by atoms with Crippen LogP contribution in [-0.4, -0.2) is 20.2 Å². The Morgan fingerprint density at radius 1 is 0.917 bits per heavy atom. The number of hydrogen-bond donors (Lipinski definition) is 0. The highest BCUT2D eigenvalue weighted by Gasteiger charge is 2.19. The maximum Gasteiger partial charge on any atom is 0.338 e. The Morgan fingerprint density at radius 3 is 2.38 bits per heavy atom. The molecule has 0 heterocycles. The van der Waals surface area contributed by atoms with Gasteiger partial charge in [0.1, 0.15) is 5.75 Å². The van der Waals surface area contributed by atoms with E-state index in [0.717, 1.165) is 38.8 Å². The highest BCUT2D eigenvalue weighted by Crippen LogP contribution is 2.38. The fraction of sp³-hybridized carbons (Fsp3) is 0.190. The van der Waals surface area contributed by atoms with Gasteiger partial charge in [-0.1, -0.05) is 42.5 Å². The molecular formula is C21H20O3. The van der Waals surface area contributed by atoms with E-state index in [4.69, 9.17) is 9.47 Å². The Balaban J connectivity index is 2.42. The summed E-state index contributed by atoms with van der Waals surface area (Å²) in [6, 6.07) is 15.9. The smallest absolute Gasteiger partial charge is 0.338 e. The molecule has 0 radical (unpaired) electrons. The van der Waals surface area contributed by atoms with Crippen LogP contribution in [0.5, 0.6) is 5.75 Å². The van der Waals surface area contributed by atoms with Crippen LogP contribution in [0.4, 0.5) is 0 Å². The third-order valence-electron chi connectivity index (χ3n) is 4.41. The van der Waals surface area contributed by atoms with E-state index in [1.807, 2.05) is 62.4 Å². The van der Waals surface area contributed by atoms with Crippen LogP contribution in [0.1, 0.15) is 21.5 Å². The predicted octanol–water partition coefficient (Wildman–Crippen LogP) is 4.92. The van der Waals surface area contributed by atoms with Gasteiger partial charge in [0, 0.05) is 5.56 Å². The average Bonchev–Trinajstić information content (AvgIpc) is 2.61. The van der Waals surface area contributed by atoms with Crippen molar-refractivity contribution >= 4 is 16.7 Å². The number of carbonyl (C=O) groups is 1. The number of hydrogen-bond acceptors (Lipinski definition) is 3. The number of esters is 1. The minimum Gasteiger partial charge on any atom is -0.496 e. The lowest BCUT2D eigenvalue weighted by Gasteiger charge is -2.17. The molecule has 3 aromatic rings. The molecule has 0 saturated carbocycles. The third kappa shape index (κ3) is 2.52. The first kappa shape index (κ1) is 16.1. The summed E-state index contributed by atoms with van der Waals surface area (Å²) < 4.78 is 10.6. The number of rotatable bonds is 3. The van der Waals surface area contributed by atoms with E-state index in [1.165, 1.54) is 7.11 Å². The zero-order valence-electron chi connectivity index (χ0n) is 14.3. The van der Waals surface area contributed by atoms with Crippen molar-refractivity contribution in [1.29, 1.82) is 0 Å². The molecule has 0 aliphatic rings. The van der Waals surface area contributed by atoms with Gasteiger partial charge in [-0.05, 0) is 47.4 Å². The van der Waals surface area contributed by atoms with E-state index in [1.54, 1.807) is 7.11 Å². The van der Waals surface area contributed by atoms with Gasteiger partial charge in [-0.3, -0.25) is 0 Å². The summed E-state index contributed by atoms with van der Waals surface area (Å²) in [5, 5.41) is 2.11. The molecule has 0 N–H and O–H groups in total. The standard InChI is InChI=1S/C21H20O3/c1-13-9-11-16(14(2)20(13)23-3)19-17-8-6-5-7-15(17)10-12-18(19)21(22)24-4/h5-12H,1-4H3. The molecule has 0 amide bonds. The summed E-state index contributed by atoms with van der Waals surface area (Å²) in [4.78, 5) is 12.3. The van der Waals surface area contributed by atoms with Gasteiger partial charge in [-0.2, -0.15) is 0 Å². The van der Waals surface area contributed by atoms with Crippen LogP contribution < -0.4 is 4.74 Å². The van der Waals surface area contributed by atoms with Crippen LogP contribution in [0.2, 0.25) is 0 Å². The van der Waals surface area contributed by atoms with Gasteiger partial charge in [0.2, 0.25) is 0 Å². The minimum atomic E-state index is -0.338. The first-order chi connectivity index (χ1) is 11.6. The molecule has 3 nitrogen and oxygen atoms in total. The van der Waals surface area contributed by atoms with Crippen molar-refractivity contribution < 1.29 is 14.3 Å². The number of ether oxygens (including phenoxy) is 2. The third-order valence-corrected chi connectivity index (χ3v) is 4.41. The highest BCUT2D eigenvalue weighted by atomic mass is 16.5. The van der Waals surface area contributed by atoms with Gasteiger partial charge in [0.15, 0.2) is 0 Å². The van der Waals surface area contributed by atoms with E-state index in [-0.39, 0.29) is 5.97 Å². The topological polar surface area (TPSA) is 35.5 Å². The van der Waals surface area contributed by atoms with E-state index < -0.39 is 0 Å². The van der Waals surface area contributed by atoms with Gasteiger partial charge >= 0.3 is 5.97 Å². The molecule has 0 spiro atoms. The monoisotopic (exact) mass is 320 g/mol. The van der Waals surface area contributed by atoms with Crippen LogP contribution in [0.3, 0.4) is 0 Å². The molecule has 0 bridgehead atoms. The molecule has 3 aromatic carbocycles. The summed E-state index contributed by atoms with van der Waals surface area (Å²) in [5.41, 5.74) is 4.51. The molecule has 24 heavy (non-hydrogen) atoms. The molecular weight excluding hydrogens is 300 g/mol. The number of benzene rings is 3. The average molecular weight is 320 g/mol. The maximum atomic E-state index is 12.3. The van der Waals surface area contributed by atoms with Gasteiger partial charge in [-0.15, -0.1) is 0 Å². The van der Waals surface area contributed by atoms with Gasteiger partial charge < -0.3 is 9.47 Å². The van der Waals surface area contributed by atoms with Gasteiger partial charge in [-0.25, -0.2) is 4.79 Å². The molecule has 0 aliphatic heterocycles. The second-order valence-corrected chi connectivity index (χ2v) is 5.79. The van der Waals surface area contributed by atoms with Crippen LogP contribution in [0.25, 0.3) is 21.9 Å². The molecule has 0 aliphatic carbocycles. The molecule has 3 rings (SSSR count). The molecule has 122 valence electrons. The summed E-state index contributed by atoms with van der Waals surface area (Å²) in [6.07, 6.45) is 0. The minimum absolute atomic E-state index is 0.338. The second kappa shape index (κ2) is 6.36. The Hall–Kier alpha value is -2.81. The normalized spacial score (nSPS) is 10.7. The summed E-state index contributed by atoms with van der Waals surface area (Å²) >= 11 is 0. The Bertz CT molecular complexity index is 926. The lowest BCUT2D eigenvalue weighted by Crippen LogP contribution is -2.05. The van der Waals surface area contributed by atoms with Crippen molar-refractivity contribution in [3.63, 3.8) is 0 Å². The zero-order valence-corrected chi connectivity index (χ0v) is 14.3. The Kier molecular flexibility index (Phi) is 4.26. The largest absolute Gasteiger partial charge is 0.496 e. The van der Waals surface area contributed by atoms with Crippen molar-refractivity contribution in [2.45, 2.75) is 13.8 Å². The van der Waals surface area contributed by atoms with Crippen molar-refractivity contribution in [3.05, 3.63) is 65.2 Å². The molecule has 3 heteroatoms. The fourth-order valence-corrected chi connectivity index (χ4v) is 3.25. The second-order valence-electron chi connectivity index (χ2n) is 5.79. The molecule has 0 aromatic heterocycles. The first-order valence-corrected chi connectivity index (χ1v) is 7.83. The number of aryl methyl sites for hydroxylation is 1. The summed E-state index contributed by atoms with van der Waals surface area (Å²) in [7, 11) is 3.08. The van der Waals surface area contributed by atoms with Gasteiger partial charge in [0.05, 0.1) is 19.8 Å². The Labute approximate surface area is 141 Å². The number of methoxy groups -OCH3 is 2. The van der Waals surface area contributed by atoms with E-state index in [0.29, 0.717) is 5.56 Å². The van der Waals surface area contributed by atoms with Gasteiger partial charge in [0.25, 0.3) is 0 Å². The van der Waals surface area contributed by atoms with Crippen molar-refractivity contribution in [2.75, 3.05) is 14.2 Å². The van der Waals surface area contributed by atoms with Crippen molar-refractivity contribution in [3.8, 4) is 16.9 Å². The summed E-state index contributed by atoms with van der Waals surface area (Å²) in [5.74, 6) is 0.506. The molecule has 0 saturated heterocycles. The van der Waals surface area contributed by atoms with E-state index in [9.17, 15) is 4.79 Å². The number of fused-ring (bicyclic) bond motifs is 1. The summed E-state index contributed by atoms with van der Waals surface area (Å²) in [6.45, 7) is 4.03. The maximum absolute atomic E-state index is 12.3. The zero-order chi connectivity index (χ0) is 17.3. The van der Waals surface area contributed by atoms with Crippen LogP contribution >= 0.6 is 0 Å².